The van der Waals surface area contributed by atoms with Gasteiger partial charge in [0.05, 0.1) is 18.2 Å². The second-order valence-corrected chi connectivity index (χ2v) is 8.17. The molecule has 10 heteroatoms. The third kappa shape index (κ3) is 3.29. The van der Waals surface area contributed by atoms with Gasteiger partial charge in [-0.1, -0.05) is 11.3 Å². The maximum absolute atomic E-state index is 13.1. The average molecular weight is 379 g/mol. The van der Waals surface area contributed by atoms with Gasteiger partial charge in [-0.15, -0.1) is 5.10 Å². The molecule has 9 nitrogen and oxygen atoms in total. The summed E-state index contributed by atoms with van der Waals surface area (Å²) in [5.74, 6) is 0.236. The fraction of sp³-hybridized carbons (Fsp3) is 0.438. The van der Waals surface area contributed by atoms with Gasteiger partial charge in [-0.2, -0.15) is 4.31 Å². The van der Waals surface area contributed by atoms with Crippen LogP contribution in [0.1, 0.15) is 24.3 Å². The second kappa shape index (κ2) is 7.04. The van der Waals surface area contributed by atoms with E-state index in [0.29, 0.717) is 5.75 Å². The summed E-state index contributed by atoms with van der Waals surface area (Å²) in [6.07, 6.45) is 1.36. The molecule has 0 spiro atoms. The van der Waals surface area contributed by atoms with E-state index in [1.165, 1.54) is 23.7 Å². The predicted molar refractivity (Wildman–Crippen MR) is 93.2 cm³/mol. The lowest BCUT2D eigenvalue weighted by Gasteiger charge is -2.43. The molecule has 2 heterocycles. The van der Waals surface area contributed by atoms with E-state index in [0.717, 1.165) is 0 Å². The summed E-state index contributed by atoms with van der Waals surface area (Å²) in [6.45, 7) is 4.09. The molecule has 0 saturated carbocycles. The van der Waals surface area contributed by atoms with E-state index < -0.39 is 10.0 Å². The van der Waals surface area contributed by atoms with E-state index in [2.05, 4.69) is 15.4 Å². The Morgan fingerprint density at radius 3 is 2.69 bits per heavy atom. The van der Waals surface area contributed by atoms with Crippen molar-refractivity contribution in [2.24, 2.45) is 0 Å². The topological polar surface area (TPSA) is 108 Å². The van der Waals surface area contributed by atoms with Gasteiger partial charge in [-0.3, -0.25) is 9.89 Å². The van der Waals surface area contributed by atoms with Crippen LogP contribution in [0.4, 0.5) is 0 Å². The molecule has 1 aliphatic rings. The number of carbonyl (C=O) groups excluding carboxylic acids is 1. The minimum absolute atomic E-state index is 0.174. The number of nitrogens with one attached hydrogen (secondary N) is 1. The molecule has 26 heavy (non-hydrogen) atoms. The van der Waals surface area contributed by atoms with Crippen LogP contribution in [0, 0.1) is 0 Å². The van der Waals surface area contributed by atoms with Gasteiger partial charge in [0, 0.05) is 31.2 Å². The Labute approximate surface area is 152 Å². The van der Waals surface area contributed by atoms with Crippen molar-refractivity contribution >= 4 is 15.9 Å². The third-order valence-electron chi connectivity index (χ3n) is 4.48. The van der Waals surface area contributed by atoms with E-state index >= 15 is 0 Å². The molecule has 2 atom stereocenters. The maximum Gasteiger partial charge on any atom is 0.273 e. The Morgan fingerprint density at radius 2 is 2.04 bits per heavy atom. The zero-order valence-electron chi connectivity index (χ0n) is 14.8. The molecule has 0 bridgehead atoms. The number of sulfonamides is 1. The highest BCUT2D eigenvalue weighted by Crippen LogP contribution is 2.26. The van der Waals surface area contributed by atoms with Gasteiger partial charge in [0.15, 0.2) is 0 Å². The molecule has 0 aliphatic carbocycles. The maximum atomic E-state index is 13.1. The van der Waals surface area contributed by atoms with Crippen molar-refractivity contribution in [3.63, 3.8) is 0 Å². The van der Waals surface area contributed by atoms with Crippen molar-refractivity contribution < 1.29 is 17.9 Å². The number of H-pyrrole nitrogens is 1. The highest BCUT2D eigenvalue weighted by Gasteiger charge is 2.39. The lowest BCUT2D eigenvalue weighted by atomic mass is 10.1. The van der Waals surface area contributed by atoms with Crippen LogP contribution < -0.4 is 4.74 Å². The summed E-state index contributed by atoms with van der Waals surface area (Å²) in [5.41, 5.74) is 0.285. The largest absolute Gasteiger partial charge is 0.497 e. The van der Waals surface area contributed by atoms with E-state index in [-0.39, 0.29) is 41.7 Å². The first kappa shape index (κ1) is 18.3. The van der Waals surface area contributed by atoms with Gasteiger partial charge >= 0.3 is 0 Å². The van der Waals surface area contributed by atoms with E-state index in [1.807, 2.05) is 6.92 Å². The van der Waals surface area contributed by atoms with Gasteiger partial charge in [0.1, 0.15) is 11.4 Å². The minimum atomic E-state index is -3.70. The Balaban J connectivity index is 1.83. The smallest absolute Gasteiger partial charge is 0.273 e. The Hall–Kier alpha value is -2.46. The number of rotatable bonds is 4. The molecular formula is C16H21N5O4S. The first-order valence-electron chi connectivity index (χ1n) is 8.17. The first-order valence-corrected chi connectivity index (χ1v) is 9.61. The summed E-state index contributed by atoms with van der Waals surface area (Å²) in [6, 6.07) is 5.72. The lowest BCUT2D eigenvalue weighted by Crippen LogP contribution is -2.59. The number of carbonyl (C=O) groups is 1. The number of ether oxygens (including phenoxy) is 1. The van der Waals surface area contributed by atoms with Gasteiger partial charge in [-0.25, -0.2) is 8.42 Å². The molecule has 2 aromatic rings. The molecule has 3 rings (SSSR count). The molecular weight excluding hydrogens is 358 g/mol. The van der Waals surface area contributed by atoms with Crippen LogP contribution in [0.5, 0.6) is 5.75 Å². The zero-order chi connectivity index (χ0) is 18.9. The van der Waals surface area contributed by atoms with Crippen LogP contribution in [0.3, 0.4) is 0 Å². The number of benzene rings is 1. The normalized spacial score (nSPS) is 21.6. The minimum Gasteiger partial charge on any atom is -0.497 e. The van der Waals surface area contributed by atoms with Crippen molar-refractivity contribution in [2.75, 3.05) is 20.2 Å². The first-order chi connectivity index (χ1) is 12.3. The number of aromatic amines is 1. The molecule has 1 fully saturated rings. The number of hydrogen-bond acceptors (Lipinski definition) is 6. The zero-order valence-corrected chi connectivity index (χ0v) is 15.6. The number of methoxy groups -OCH3 is 1. The van der Waals surface area contributed by atoms with Crippen LogP contribution in [0.25, 0.3) is 0 Å². The van der Waals surface area contributed by atoms with Crippen LogP contribution in [-0.2, 0) is 10.0 Å². The molecule has 140 valence electrons. The Kier molecular flexibility index (Phi) is 4.97. The molecule has 0 radical (unpaired) electrons. The molecule has 0 unspecified atom stereocenters. The summed E-state index contributed by atoms with van der Waals surface area (Å²) in [4.78, 5) is 14.4. The molecule has 1 amide bonds. The quantitative estimate of drug-likeness (QED) is 0.839. The van der Waals surface area contributed by atoms with Crippen molar-refractivity contribution in [2.45, 2.75) is 30.8 Å². The van der Waals surface area contributed by atoms with Crippen LogP contribution in [0.15, 0.2) is 35.4 Å². The van der Waals surface area contributed by atoms with Crippen LogP contribution >= 0.6 is 0 Å². The Morgan fingerprint density at radius 1 is 1.27 bits per heavy atom. The molecule has 1 saturated heterocycles. The van der Waals surface area contributed by atoms with Gasteiger partial charge in [0.2, 0.25) is 10.0 Å². The fourth-order valence-corrected chi connectivity index (χ4v) is 4.80. The number of aromatic nitrogens is 3. The van der Waals surface area contributed by atoms with E-state index in [1.54, 1.807) is 30.0 Å². The van der Waals surface area contributed by atoms with Crippen molar-refractivity contribution in [3.05, 3.63) is 36.2 Å². The molecule has 1 aliphatic heterocycles. The van der Waals surface area contributed by atoms with Gasteiger partial charge < -0.3 is 9.64 Å². The number of hydrogen-bond donors (Lipinski definition) is 1. The summed E-state index contributed by atoms with van der Waals surface area (Å²) in [5, 5.41) is 9.72. The molecule has 1 aromatic heterocycles. The van der Waals surface area contributed by atoms with E-state index in [9.17, 15) is 13.2 Å². The van der Waals surface area contributed by atoms with Crippen molar-refractivity contribution in [1.82, 2.24) is 24.6 Å². The fourth-order valence-electron chi connectivity index (χ4n) is 3.07. The standard InChI is InChI=1S/C16H21N5O4S/c1-11-10-21(26(23,24)14-6-4-5-13(7-14)25-3)12(2)9-20(11)16(22)15-8-17-19-18-15/h4-8,11-12H,9-10H2,1-3H3,(H,17,18,19)/t11-,12+/m0/s1. The van der Waals surface area contributed by atoms with Crippen LogP contribution in [0.2, 0.25) is 0 Å². The van der Waals surface area contributed by atoms with E-state index in [4.69, 9.17) is 4.74 Å². The summed E-state index contributed by atoms with van der Waals surface area (Å²) < 4.78 is 32.7. The van der Waals surface area contributed by atoms with Gasteiger partial charge in [0.25, 0.3) is 5.91 Å². The highest BCUT2D eigenvalue weighted by molar-refractivity contribution is 7.89. The summed E-state index contributed by atoms with van der Waals surface area (Å²) in [7, 11) is -2.21. The monoisotopic (exact) mass is 379 g/mol. The number of amides is 1. The Bertz CT molecular complexity index is 884. The number of nitrogens with zero attached hydrogens (tertiary/aromatic N) is 4. The van der Waals surface area contributed by atoms with Crippen LogP contribution in [-0.4, -0.2) is 71.2 Å². The molecule has 1 aromatic carbocycles. The lowest BCUT2D eigenvalue weighted by molar-refractivity contribution is 0.0501. The molecule has 1 N–H and O–H groups in total. The second-order valence-electron chi connectivity index (χ2n) is 6.28. The summed E-state index contributed by atoms with van der Waals surface area (Å²) >= 11 is 0. The predicted octanol–water partition coefficient (Wildman–Crippen LogP) is 0.737. The average Bonchev–Trinajstić information content (AvgIpc) is 3.17. The SMILES string of the molecule is COc1cccc(S(=O)(=O)N2C[C@H](C)N(C(=O)c3cnn[nH]3)C[C@H]2C)c1. The number of piperazine rings is 1. The highest BCUT2D eigenvalue weighted by atomic mass is 32.2. The van der Waals surface area contributed by atoms with Crippen molar-refractivity contribution in [1.29, 1.82) is 0 Å². The van der Waals surface area contributed by atoms with Crippen molar-refractivity contribution in [3.8, 4) is 5.75 Å². The third-order valence-corrected chi connectivity index (χ3v) is 6.46. The van der Waals surface area contributed by atoms with Gasteiger partial charge in [-0.05, 0) is 26.0 Å².